The first-order chi connectivity index (χ1) is 13.0. The van der Waals surface area contributed by atoms with Gasteiger partial charge in [0.1, 0.15) is 0 Å². The fraction of sp³-hybridized carbons (Fsp3) is 0.364. The van der Waals surface area contributed by atoms with Gasteiger partial charge in [-0.3, -0.25) is 9.59 Å². The molecule has 1 aliphatic heterocycles. The van der Waals surface area contributed by atoms with Crippen molar-refractivity contribution in [2.45, 2.75) is 32.1 Å². The average molecular weight is 427 g/mol. The molecule has 1 heterocycles. The van der Waals surface area contributed by atoms with E-state index in [1.54, 1.807) is 0 Å². The summed E-state index contributed by atoms with van der Waals surface area (Å²) >= 11 is 3.49. The summed E-state index contributed by atoms with van der Waals surface area (Å²) in [6.07, 6.45) is 3.01. The van der Waals surface area contributed by atoms with Gasteiger partial charge >= 0.3 is 0 Å². The third kappa shape index (κ3) is 3.79. The van der Waals surface area contributed by atoms with Gasteiger partial charge < -0.3 is 10.2 Å². The first kappa shape index (κ1) is 18.2. The summed E-state index contributed by atoms with van der Waals surface area (Å²) in [6.45, 7) is 3.56. The number of benzene rings is 2. The van der Waals surface area contributed by atoms with Crippen molar-refractivity contribution in [1.82, 2.24) is 4.90 Å². The van der Waals surface area contributed by atoms with Crippen LogP contribution in [0, 0.1) is 12.8 Å². The second kappa shape index (κ2) is 7.47. The number of hydrogen-bond acceptors (Lipinski definition) is 2. The number of carbonyl (C=O) groups excluding carboxylic acids is 2. The number of rotatable bonds is 4. The van der Waals surface area contributed by atoms with Gasteiger partial charge in [-0.25, -0.2) is 0 Å². The van der Waals surface area contributed by atoms with Crippen molar-refractivity contribution < 1.29 is 9.59 Å². The Morgan fingerprint density at radius 3 is 2.59 bits per heavy atom. The number of nitrogens with zero attached hydrogens (tertiary/aromatic N) is 1. The predicted octanol–water partition coefficient (Wildman–Crippen LogP) is 4.74. The maximum absolute atomic E-state index is 12.7. The van der Waals surface area contributed by atoms with Crippen LogP contribution in [0.5, 0.6) is 0 Å². The second-order valence-corrected chi connectivity index (χ2v) is 8.39. The van der Waals surface area contributed by atoms with Crippen molar-refractivity contribution in [3.05, 3.63) is 63.6 Å². The van der Waals surface area contributed by atoms with Crippen LogP contribution in [0.15, 0.2) is 46.9 Å². The van der Waals surface area contributed by atoms with Crippen LogP contribution in [-0.2, 0) is 4.79 Å². The molecule has 140 valence electrons. The Balaban J connectivity index is 1.46. The van der Waals surface area contributed by atoms with E-state index in [1.165, 1.54) is 5.56 Å². The number of likely N-dealkylation sites (tertiary alicyclic amines) is 1. The monoisotopic (exact) mass is 426 g/mol. The quantitative estimate of drug-likeness (QED) is 0.767. The van der Waals surface area contributed by atoms with Crippen molar-refractivity contribution in [1.29, 1.82) is 0 Å². The predicted molar refractivity (Wildman–Crippen MR) is 110 cm³/mol. The molecule has 0 spiro atoms. The van der Waals surface area contributed by atoms with Gasteiger partial charge in [-0.05, 0) is 67.5 Å². The molecule has 0 aromatic heterocycles. The van der Waals surface area contributed by atoms with Gasteiger partial charge in [0.05, 0.1) is 0 Å². The van der Waals surface area contributed by atoms with Gasteiger partial charge in [0, 0.05) is 34.7 Å². The Morgan fingerprint density at radius 1 is 1.11 bits per heavy atom. The molecule has 1 saturated heterocycles. The number of amides is 2. The lowest BCUT2D eigenvalue weighted by molar-refractivity contribution is -0.117. The summed E-state index contributed by atoms with van der Waals surface area (Å²) in [7, 11) is 0. The van der Waals surface area contributed by atoms with Crippen molar-refractivity contribution in [3.8, 4) is 0 Å². The van der Waals surface area contributed by atoms with E-state index in [9.17, 15) is 9.59 Å². The first-order valence-corrected chi connectivity index (χ1v) is 10.3. The van der Waals surface area contributed by atoms with Gasteiger partial charge in [0.2, 0.25) is 5.91 Å². The van der Waals surface area contributed by atoms with Gasteiger partial charge in [-0.1, -0.05) is 34.1 Å². The molecule has 0 bridgehead atoms. The van der Waals surface area contributed by atoms with Crippen LogP contribution in [0.4, 0.5) is 5.69 Å². The molecule has 2 aromatic carbocycles. The summed E-state index contributed by atoms with van der Waals surface area (Å²) in [5.74, 6) is 0.377. The molecule has 2 amide bonds. The molecular formula is C22H23BrN2O2. The Hall–Kier alpha value is -2.14. The van der Waals surface area contributed by atoms with E-state index in [0.29, 0.717) is 5.56 Å². The van der Waals surface area contributed by atoms with E-state index in [1.807, 2.05) is 42.2 Å². The molecule has 2 aliphatic rings. The topological polar surface area (TPSA) is 49.4 Å². The summed E-state index contributed by atoms with van der Waals surface area (Å²) < 4.78 is 1.04. The van der Waals surface area contributed by atoms with E-state index in [4.69, 9.17) is 0 Å². The van der Waals surface area contributed by atoms with Crippen LogP contribution >= 0.6 is 15.9 Å². The minimum atomic E-state index is -0.00311. The lowest BCUT2D eigenvalue weighted by Gasteiger charge is -2.18. The highest BCUT2D eigenvalue weighted by molar-refractivity contribution is 9.10. The van der Waals surface area contributed by atoms with Crippen LogP contribution in [0.25, 0.3) is 0 Å². The normalized spacial score (nSPS) is 21.2. The molecule has 2 atom stereocenters. The smallest absolute Gasteiger partial charge is 0.254 e. The largest absolute Gasteiger partial charge is 0.339 e. The SMILES string of the molecule is Cc1c(NC(=O)C2CC2c2cccc(Br)c2)cccc1C(=O)N1CCCC1. The van der Waals surface area contributed by atoms with Crippen LogP contribution in [-0.4, -0.2) is 29.8 Å². The molecule has 2 fully saturated rings. The van der Waals surface area contributed by atoms with E-state index in [-0.39, 0.29) is 23.7 Å². The van der Waals surface area contributed by atoms with Crippen molar-refractivity contribution >= 4 is 33.4 Å². The molecule has 27 heavy (non-hydrogen) atoms. The highest BCUT2D eigenvalue weighted by atomic mass is 79.9. The third-order valence-electron chi connectivity index (χ3n) is 5.62. The summed E-state index contributed by atoms with van der Waals surface area (Å²) in [5.41, 5.74) is 3.47. The standard InChI is InChI=1S/C22H23BrN2O2/c1-14-17(22(27)25-10-2-3-11-25)8-5-9-20(14)24-21(26)19-13-18(19)15-6-4-7-16(23)12-15/h4-9,12,18-19H,2-3,10-11,13H2,1H3,(H,24,26). The number of hydrogen-bond donors (Lipinski definition) is 1. The maximum atomic E-state index is 12.7. The van der Waals surface area contributed by atoms with Crippen LogP contribution in [0.1, 0.15) is 46.7 Å². The lowest BCUT2D eigenvalue weighted by Crippen LogP contribution is -2.28. The fourth-order valence-corrected chi connectivity index (χ4v) is 4.33. The first-order valence-electron chi connectivity index (χ1n) is 9.50. The Labute approximate surface area is 168 Å². The van der Waals surface area contributed by atoms with E-state index >= 15 is 0 Å². The number of carbonyl (C=O) groups is 2. The van der Waals surface area contributed by atoms with Gasteiger partial charge in [-0.2, -0.15) is 0 Å². The molecule has 0 radical (unpaired) electrons. The Bertz CT molecular complexity index is 890. The minimum Gasteiger partial charge on any atom is -0.339 e. The molecule has 2 aromatic rings. The Kier molecular flexibility index (Phi) is 5.04. The number of anilines is 1. The fourth-order valence-electron chi connectivity index (χ4n) is 3.91. The third-order valence-corrected chi connectivity index (χ3v) is 6.11. The molecule has 1 N–H and O–H groups in total. The summed E-state index contributed by atoms with van der Waals surface area (Å²) in [4.78, 5) is 27.3. The second-order valence-electron chi connectivity index (χ2n) is 7.47. The van der Waals surface area contributed by atoms with Crippen molar-refractivity contribution in [2.24, 2.45) is 5.92 Å². The number of halogens is 1. The molecule has 5 heteroatoms. The molecule has 4 rings (SSSR count). The zero-order valence-corrected chi connectivity index (χ0v) is 17.0. The summed E-state index contributed by atoms with van der Waals surface area (Å²) in [6, 6.07) is 13.7. The number of nitrogens with one attached hydrogen (secondary N) is 1. The summed E-state index contributed by atoms with van der Waals surface area (Å²) in [5, 5.41) is 3.05. The van der Waals surface area contributed by atoms with E-state index in [2.05, 4.69) is 33.4 Å². The maximum Gasteiger partial charge on any atom is 0.254 e. The highest BCUT2D eigenvalue weighted by Crippen LogP contribution is 2.48. The zero-order chi connectivity index (χ0) is 19.0. The van der Waals surface area contributed by atoms with Gasteiger partial charge in [0.15, 0.2) is 0 Å². The zero-order valence-electron chi connectivity index (χ0n) is 15.4. The lowest BCUT2D eigenvalue weighted by atomic mass is 10.0. The molecule has 1 saturated carbocycles. The van der Waals surface area contributed by atoms with Crippen LogP contribution < -0.4 is 5.32 Å². The van der Waals surface area contributed by atoms with Crippen molar-refractivity contribution in [2.75, 3.05) is 18.4 Å². The van der Waals surface area contributed by atoms with E-state index < -0.39 is 0 Å². The molecule has 2 unspecified atom stereocenters. The van der Waals surface area contributed by atoms with E-state index in [0.717, 1.165) is 48.1 Å². The minimum absolute atomic E-state index is 0.00311. The van der Waals surface area contributed by atoms with Crippen LogP contribution in [0.3, 0.4) is 0 Å². The molecule has 1 aliphatic carbocycles. The molecule has 4 nitrogen and oxygen atoms in total. The molecular weight excluding hydrogens is 404 g/mol. The Morgan fingerprint density at radius 2 is 1.85 bits per heavy atom. The van der Waals surface area contributed by atoms with Crippen molar-refractivity contribution in [3.63, 3.8) is 0 Å². The average Bonchev–Trinajstić information content (AvgIpc) is 3.28. The van der Waals surface area contributed by atoms with Gasteiger partial charge in [0.25, 0.3) is 5.91 Å². The highest BCUT2D eigenvalue weighted by Gasteiger charge is 2.44. The van der Waals surface area contributed by atoms with Gasteiger partial charge in [-0.15, -0.1) is 0 Å². The van der Waals surface area contributed by atoms with Crippen LogP contribution in [0.2, 0.25) is 0 Å².